The van der Waals surface area contributed by atoms with E-state index in [9.17, 15) is 0 Å². The number of likely N-dealkylation sites (tertiary alicyclic amines) is 1. The highest BCUT2D eigenvalue weighted by Gasteiger charge is 2.30. The van der Waals surface area contributed by atoms with Gasteiger partial charge in [-0.05, 0) is 56.5 Å². The summed E-state index contributed by atoms with van der Waals surface area (Å²) in [5, 5.41) is 16.8. The van der Waals surface area contributed by atoms with Crippen LogP contribution in [0, 0.1) is 13.8 Å². The minimum atomic E-state index is 0.480. The Hall–Kier alpha value is -1.83. The SMILES string of the molecule is Cc1nc(C)n(CC2CCCCN2Cc2nnnn2C2CC2)n1. The molecule has 8 heteroatoms. The summed E-state index contributed by atoms with van der Waals surface area (Å²) in [5.41, 5.74) is 0. The highest BCUT2D eigenvalue weighted by molar-refractivity contribution is 4.93. The second kappa shape index (κ2) is 5.99. The van der Waals surface area contributed by atoms with Gasteiger partial charge in [-0.15, -0.1) is 5.10 Å². The molecular formula is C15H24N8. The van der Waals surface area contributed by atoms with E-state index in [2.05, 4.69) is 30.5 Å². The van der Waals surface area contributed by atoms with Gasteiger partial charge in [0.15, 0.2) is 5.82 Å². The molecule has 1 aliphatic heterocycles. The van der Waals surface area contributed by atoms with E-state index >= 15 is 0 Å². The van der Waals surface area contributed by atoms with Gasteiger partial charge in [0.05, 0.1) is 19.1 Å². The quantitative estimate of drug-likeness (QED) is 0.827. The van der Waals surface area contributed by atoms with Crippen LogP contribution in [0.1, 0.15) is 55.6 Å². The first-order chi connectivity index (χ1) is 11.2. The molecule has 1 saturated heterocycles. The van der Waals surface area contributed by atoms with Crippen LogP contribution in [0.15, 0.2) is 0 Å². The Kier molecular flexibility index (Phi) is 3.84. The molecule has 2 fully saturated rings. The Morgan fingerprint density at radius 1 is 1.13 bits per heavy atom. The zero-order valence-electron chi connectivity index (χ0n) is 13.9. The van der Waals surface area contributed by atoms with Crippen LogP contribution in [0.25, 0.3) is 0 Å². The van der Waals surface area contributed by atoms with Crippen LogP contribution in [-0.4, -0.2) is 52.5 Å². The van der Waals surface area contributed by atoms with Crippen LogP contribution in [-0.2, 0) is 13.1 Å². The molecule has 0 N–H and O–H groups in total. The molecule has 2 aromatic heterocycles. The summed E-state index contributed by atoms with van der Waals surface area (Å²) in [6.07, 6.45) is 6.14. The first-order valence-electron chi connectivity index (χ1n) is 8.59. The Morgan fingerprint density at radius 3 is 2.74 bits per heavy atom. The van der Waals surface area contributed by atoms with Crippen molar-refractivity contribution in [3.05, 3.63) is 17.5 Å². The van der Waals surface area contributed by atoms with E-state index in [4.69, 9.17) is 0 Å². The summed E-state index contributed by atoms with van der Waals surface area (Å²) in [7, 11) is 0. The largest absolute Gasteiger partial charge is 0.291 e. The molecule has 23 heavy (non-hydrogen) atoms. The molecule has 1 unspecified atom stereocenters. The van der Waals surface area contributed by atoms with Crippen molar-refractivity contribution >= 4 is 0 Å². The maximum absolute atomic E-state index is 4.52. The maximum Gasteiger partial charge on any atom is 0.165 e. The fourth-order valence-electron chi connectivity index (χ4n) is 3.51. The number of hydrogen-bond acceptors (Lipinski definition) is 6. The maximum atomic E-state index is 4.52. The summed E-state index contributed by atoms with van der Waals surface area (Å²) in [4.78, 5) is 6.94. The lowest BCUT2D eigenvalue weighted by atomic mass is 10.0. The van der Waals surface area contributed by atoms with Gasteiger partial charge in [-0.3, -0.25) is 4.90 Å². The summed E-state index contributed by atoms with van der Waals surface area (Å²) >= 11 is 0. The van der Waals surface area contributed by atoms with Crippen molar-refractivity contribution in [2.75, 3.05) is 6.54 Å². The van der Waals surface area contributed by atoms with Crippen molar-refractivity contribution in [3.8, 4) is 0 Å². The van der Waals surface area contributed by atoms with Gasteiger partial charge in [0.1, 0.15) is 11.6 Å². The first kappa shape index (κ1) is 14.7. The average molecular weight is 316 g/mol. The van der Waals surface area contributed by atoms with Crippen molar-refractivity contribution in [2.24, 2.45) is 0 Å². The van der Waals surface area contributed by atoms with Crippen molar-refractivity contribution in [1.29, 1.82) is 0 Å². The number of aromatic nitrogens is 7. The summed E-state index contributed by atoms with van der Waals surface area (Å²) in [5.74, 6) is 2.85. The lowest BCUT2D eigenvalue weighted by Gasteiger charge is -2.35. The zero-order valence-corrected chi connectivity index (χ0v) is 13.9. The number of hydrogen-bond donors (Lipinski definition) is 0. The van der Waals surface area contributed by atoms with Gasteiger partial charge in [-0.25, -0.2) is 14.3 Å². The van der Waals surface area contributed by atoms with E-state index in [0.29, 0.717) is 12.1 Å². The lowest BCUT2D eigenvalue weighted by molar-refractivity contribution is 0.116. The summed E-state index contributed by atoms with van der Waals surface area (Å²) < 4.78 is 4.07. The minimum absolute atomic E-state index is 0.480. The Bertz CT molecular complexity index is 671. The molecule has 1 aliphatic carbocycles. The fourth-order valence-corrected chi connectivity index (χ4v) is 3.51. The predicted molar refractivity (Wildman–Crippen MR) is 83.6 cm³/mol. The van der Waals surface area contributed by atoms with Crippen molar-refractivity contribution in [2.45, 2.75) is 71.1 Å². The Labute approximate surface area is 135 Å². The molecule has 8 nitrogen and oxygen atoms in total. The molecule has 0 amide bonds. The topological polar surface area (TPSA) is 77.5 Å². The molecule has 1 saturated carbocycles. The normalized spacial score (nSPS) is 22.6. The molecule has 1 atom stereocenters. The van der Waals surface area contributed by atoms with Crippen LogP contribution in [0.2, 0.25) is 0 Å². The van der Waals surface area contributed by atoms with Crippen molar-refractivity contribution < 1.29 is 0 Å². The van der Waals surface area contributed by atoms with E-state index in [1.54, 1.807) is 0 Å². The minimum Gasteiger partial charge on any atom is -0.291 e. The number of nitrogens with zero attached hydrogens (tertiary/aromatic N) is 8. The highest BCUT2D eigenvalue weighted by atomic mass is 15.6. The zero-order chi connectivity index (χ0) is 15.8. The third kappa shape index (κ3) is 3.12. The van der Waals surface area contributed by atoms with Gasteiger partial charge >= 0.3 is 0 Å². The van der Waals surface area contributed by atoms with Crippen LogP contribution < -0.4 is 0 Å². The molecule has 4 rings (SSSR count). The van der Waals surface area contributed by atoms with Gasteiger partial charge in [-0.1, -0.05) is 6.42 Å². The molecule has 0 spiro atoms. The molecule has 0 radical (unpaired) electrons. The van der Waals surface area contributed by atoms with Crippen LogP contribution in [0.4, 0.5) is 0 Å². The van der Waals surface area contributed by atoms with E-state index in [-0.39, 0.29) is 0 Å². The van der Waals surface area contributed by atoms with E-state index < -0.39 is 0 Å². The van der Waals surface area contributed by atoms with Gasteiger partial charge in [0, 0.05) is 6.04 Å². The van der Waals surface area contributed by atoms with Crippen LogP contribution in [0.3, 0.4) is 0 Å². The standard InChI is InChI=1S/C15H24N8/c1-11-16-12(2)22(18-11)9-14-5-3-4-8-21(14)10-15-17-19-20-23(15)13-6-7-13/h13-14H,3-10H2,1-2H3. The van der Waals surface area contributed by atoms with Crippen LogP contribution in [0.5, 0.6) is 0 Å². The van der Waals surface area contributed by atoms with Crippen LogP contribution >= 0.6 is 0 Å². The molecule has 0 aromatic carbocycles. The van der Waals surface area contributed by atoms with Crippen molar-refractivity contribution in [3.63, 3.8) is 0 Å². The molecule has 2 aliphatic rings. The molecule has 0 bridgehead atoms. The fraction of sp³-hybridized carbons (Fsp3) is 0.800. The molecule has 2 aromatic rings. The summed E-state index contributed by atoms with van der Waals surface area (Å²) in [6, 6.07) is 1.01. The monoisotopic (exact) mass is 316 g/mol. The van der Waals surface area contributed by atoms with Gasteiger partial charge in [-0.2, -0.15) is 5.10 Å². The van der Waals surface area contributed by atoms with Crippen molar-refractivity contribution in [1.82, 2.24) is 39.9 Å². The summed E-state index contributed by atoms with van der Waals surface area (Å²) in [6.45, 7) is 6.82. The third-order valence-electron chi connectivity index (χ3n) is 4.89. The first-order valence-corrected chi connectivity index (χ1v) is 8.59. The smallest absolute Gasteiger partial charge is 0.165 e. The van der Waals surface area contributed by atoms with Gasteiger partial charge in [0.25, 0.3) is 0 Å². The van der Waals surface area contributed by atoms with E-state index in [1.807, 2.05) is 23.2 Å². The van der Waals surface area contributed by atoms with Gasteiger partial charge in [0.2, 0.25) is 0 Å². The Balaban J connectivity index is 1.48. The molecule has 124 valence electrons. The molecular weight excluding hydrogens is 292 g/mol. The third-order valence-corrected chi connectivity index (χ3v) is 4.89. The second-order valence-electron chi connectivity index (χ2n) is 6.78. The number of rotatable bonds is 5. The Morgan fingerprint density at radius 2 is 2.00 bits per heavy atom. The number of tetrazole rings is 1. The highest BCUT2D eigenvalue weighted by Crippen LogP contribution is 2.34. The molecule has 3 heterocycles. The van der Waals surface area contributed by atoms with Gasteiger partial charge < -0.3 is 0 Å². The second-order valence-corrected chi connectivity index (χ2v) is 6.78. The number of aryl methyl sites for hydroxylation is 2. The van der Waals surface area contributed by atoms with E-state index in [0.717, 1.165) is 37.1 Å². The average Bonchev–Trinajstić information content (AvgIpc) is 3.19. The van der Waals surface area contributed by atoms with E-state index in [1.165, 1.54) is 32.1 Å². The lowest BCUT2D eigenvalue weighted by Crippen LogP contribution is -2.42. The number of piperidine rings is 1. The predicted octanol–water partition coefficient (Wildman–Crippen LogP) is 1.27.